The van der Waals surface area contributed by atoms with Gasteiger partial charge in [0.2, 0.25) is 0 Å². The van der Waals surface area contributed by atoms with Crippen molar-refractivity contribution in [2.75, 3.05) is 11.9 Å². The van der Waals surface area contributed by atoms with Gasteiger partial charge in [-0.15, -0.1) is 0 Å². The molecule has 0 fully saturated rings. The number of nitrogens with one attached hydrogen (secondary N) is 2. The Hall–Kier alpha value is -2.69. The summed E-state index contributed by atoms with van der Waals surface area (Å²) >= 11 is 11.6. The average Bonchev–Trinajstić information content (AvgIpc) is 2.77. The summed E-state index contributed by atoms with van der Waals surface area (Å²) in [5, 5.41) is 7.71. The van der Waals surface area contributed by atoms with Crippen LogP contribution >= 0.6 is 23.8 Å². The first-order chi connectivity index (χ1) is 15.2. The highest BCUT2D eigenvalue weighted by Crippen LogP contribution is 2.23. The fourth-order valence-electron chi connectivity index (χ4n) is 3.38. The van der Waals surface area contributed by atoms with E-state index in [1.807, 2.05) is 72.8 Å². The molecule has 32 heavy (non-hydrogen) atoms. The van der Waals surface area contributed by atoms with Gasteiger partial charge in [0.15, 0.2) is 10.9 Å². The average molecular weight is 465 g/mol. The number of thiocarbonyl (C=S) groups is 1. The third kappa shape index (κ3) is 6.65. The van der Waals surface area contributed by atoms with Crippen molar-refractivity contribution < 1.29 is 4.79 Å². The lowest BCUT2D eigenvalue weighted by molar-refractivity contribution is 0.103. The molecule has 166 valence electrons. The maximum Gasteiger partial charge on any atom is 0.193 e. The fourth-order valence-corrected chi connectivity index (χ4v) is 3.83. The zero-order valence-electron chi connectivity index (χ0n) is 18.7. The van der Waals surface area contributed by atoms with Gasteiger partial charge in [0.1, 0.15) is 0 Å². The summed E-state index contributed by atoms with van der Waals surface area (Å²) in [7, 11) is 0. The quantitative estimate of drug-likeness (QED) is 0.229. The van der Waals surface area contributed by atoms with Crippen LogP contribution in [0.3, 0.4) is 0 Å². The molecule has 0 radical (unpaired) electrons. The molecule has 2 N–H and O–H groups in total. The van der Waals surface area contributed by atoms with Crippen molar-refractivity contribution in [1.29, 1.82) is 0 Å². The van der Waals surface area contributed by atoms with Crippen LogP contribution in [-0.2, 0) is 11.8 Å². The van der Waals surface area contributed by atoms with E-state index in [0.717, 1.165) is 35.7 Å². The summed E-state index contributed by atoms with van der Waals surface area (Å²) < 4.78 is 0. The third-order valence-electron chi connectivity index (χ3n) is 5.26. The molecule has 0 aromatic heterocycles. The van der Waals surface area contributed by atoms with Crippen molar-refractivity contribution in [2.24, 2.45) is 0 Å². The van der Waals surface area contributed by atoms with E-state index in [0.29, 0.717) is 16.2 Å². The second-order valence-corrected chi connectivity index (χ2v) is 9.63. The van der Waals surface area contributed by atoms with E-state index in [-0.39, 0.29) is 11.2 Å². The Kier molecular flexibility index (Phi) is 8.05. The number of ketones is 1. The molecular formula is C27H29ClN2OS. The van der Waals surface area contributed by atoms with Crippen LogP contribution in [0.2, 0.25) is 5.02 Å². The Morgan fingerprint density at radius 1 is 0.938 bits per heavy atom. The van der Waals surface area contributed by atoms with E-state index in [1.54, 1.807) is 0 Å². The van der Waals surface area contributed by atoms with Gasteiger partial charge >= 0.3 is 0 Å². The van der Waals surface area contributed by atoms with Crippen LogP contribution in [0.25, 0.3) is 0 Å². The minimum atomic E-state index is -0.00673. The molecule has 0 heterocycles. The topological polar surface area (TPSA) is 41.1 Å². The first-order valence-corrected chi connectivity index (χ1v) is 11.6. The highest BCUT2D eigenvalue weighted by Gasteiger charge is 2.15. The molecular weight excluding hydrogens is 436 g/mol. The maximum atomic E-state index is 12.9. The Balaban J connectivity index is 1.54. The highest BCUT2D eigenvalue weighted by molar-refractivity contribution is 7.80. The minimum absolute atomic E-state index is 0.00673. The number of aryl methyl sites for hydroxylation is 1. The van der Waals surface area contributed by atoms with Crippen molar-refractivity contribution >= 4 is 40.4 Å². The molecule has 0 atom stereocenters. The molecule has 3 nitrogen and oxygen atoms in total. The summed E-state index contributed by atoms with van der Waals surface area (Å²) in [5.41, 5.74) is 4.48. The van der Waals surface area contributed by atoms with E-state index in [2.05, 4.69) is 31.4 Å². The van der Waals surface area contributed by atoms with Gasteiger partial charge in [-0.25, -0.2) is 0 Å². The van der Waals surface area contributed by atoms with Crippen LogP contribution in [0, 0.1) is 0 Å². The Morgan fingerprint density at radius 3 is 2.34 bits per heavy atom. The number of anilines is 1. The Labute approximate surface area is 201 Å². The van der Waals surface area contributed by atoms with Crippen LogP contribution in [0.4, 0.5) is 5.69 Å². The summed E-state index contributed by atoms with van der Waals surface area (Å²) in [6.45, 7) is 7.21. The van der Waals surface area contributed by atoms with Crippen molar-refractivity contribution in [3.05, 3.63) is 100 Å². The molecule has 0 spiro atoms. The maximum absolute atomic E-state index is 12.9. The number of carbonyl (C=O) groups is 1. The molecule has 3 aromatic rings. The predicted octanol–water partition coefficient (Wildman–Crippen LogP) is 6.79. The molecule has 0 aliphatic rings. The van der Waals surface area contributed by atoms with Gasteiger partial charge in [-0.1, -0.05) is 87.0 Å². The van der Waals surface area contributed by atoms with Gasteiger partial charge in [0, 0.05) is 28.4 Å². The molecule has 5 heteroatoms. The standard InChI is InChI=1S/C27H29ClN2OS/c1-27(2,3)22-15-13-20(14-16-22)25(31)21-9-6-11-23(18-21)30-26(32)29-17-7-10-19-8-4-5-12-24(19)28/h4-6,8-9,11-16,18H,7,10,17H2,1-3H3,(H2,29,30,32). The van der Waals surface area contributed by atoms with E-state index >= 15 is 0 Å². The van der Waals surface area contributed by atoms with Gasteiger partial charge < -0.3 is 10.6 Å². The Morgan fingerprint density at radius 2 is 1.66 bits per heavy atom. The molecule has 0 amide bonds. The first-order valence-electron chi connectivity index (χ1n) is 10.8. The van der Waals surface area contributed by atoms with Crippen LogP contribution in [-0.4, -0.2) is 17.4 Å². The number of carbonyl (C=O) groups excluding carboxylic acids is 1. The summed E-state index contributed by atoms with van der Waals surface area (Å²) in [6.07, 6.45) is 1.79. The van der Waals surface area contributed by atoms with E-state index in [9.17, 15) is 4.79 Å². The molecule has 0 unspecified atom stereocenters. The van der Waals surface area contributed by atoms with Gasteiger partial charge in [-0.3, -0.25) is 4.79 Å². The van der Waals surface area contributed by atoms with Crippen molar-refractivity contribution in [2.45, 2.75) is 39.0 Å². The Bertz CT molecular complexity index is 1090. The molecule has 0 aliphatic heterocycles. The summed E-state index contributed by atoms with van der Waals surface area (Å²) in [6, 6.07) is 23.1. The molecule has 0 saturated heterocycles. The molecule has 0 saturated carbocycles. The van der Waals surface area contributed by atoms with Crippen LogP contribution in [0.1, 0.15) is 54.2 Å². The number of hydrogen-bond donors (Lipinski definition) is 2. The van der Waals surface area contributed by atoms with E-state index < -0.39 is 0 Å². The normalized spacial score (nSPS) is 11.1. The second kappa shape index (κ2) is 10.8. The first kappa shape index (κ1) is 24.0. The fraction of sp³-hybridized carbons (Fsp3) is 0.259. The smallest absolute Gasteiger partial charge is 0.193 e. The van der Waals surface area contributed by atoms with E-state index in [1.165, 1.54) is 5.56 Å². The van der Waals surface area contributed by atoms with Crippen LogP contribution in [0.5, 0.6) is 0 Å². The van der Waals surface area contributed by atoms with Gasteiger partial charge in [-0.05, 0) is 59.8 Å². The molecule has 3 rings (SSSR count). The lowest BCUT2D eigenvalue weighted by atomic mass is 9.86. The SMILES string of the molecule is CC(C)(C)c1ccc(C(=O)c2cccc(NC(=S)NCCCc3ccccc3Cl)c2)cc1. The zero-order valence-corrected chi connectivity index (χ0v) is 20.3. The lowest BCUT2D eigenvalue weighted by Crippen LogP contribution is -2.29. The van der Waals surface area contributed by atoms with Crippen molar-refractivity contribution in [3.8, 4) is 0 Å². The highest BCUT2D eigenvalue weighted by atomic mass is 35.5. The predicted molar refractivity (Wildman–Crippen MR) is 139 cm³/mol. The number of benzene rings is 3. The number of hydrogen-bond acceptors (Lipinski definition) is 2. The third-order valence-corrected chi connectivity index (χ3v) is 5.88. The minimum Gasteiger partial charge on any atom is -0.362 e. The monoisotopic (exact) mass is 464 g/mol. The lowest BCUT2D eigenvalue weighted by Gasteiger charge is -2.19. The zero-order chi connectivity index (χ0) is 23.1. The summed E-state index contributed by atoms with van der Waals surface area (Å²) in [4.78, 5) is 12.9. The van der Waals surface area contributed by atoms with Gasteiger partial charge in [0.25, 0.3) is 0 Å². The van der Waals surface area contributed by atoms with Crippen molar-refractivity contribution in [1.82, 2.24) is 5.32 Å². The van der Waals surface area contributed by atoms with Crippen LogP contribution in [0.15, 0.2) is 72.8 Å². The molecule has 0 bridgehead atoms. The van der Waals surface area contributed by atoms with Crippen LogP contribution < -0.4 is 10.6 Å². The number of rotatable bonds is 7. The summed E-state index contributed by atoms with van der Waals surface area (Å²) in [5.74, 6) is -0.00673. The van der Waals surface area contributed by atoms with Crippen molar-refractivity contribution in [3.63, 3.8) is 0 Å². The molecule has 3 aromatic carbocycles. The number of halogens is 1. The molecule has 0 aliphatic carbocycles. The van der Waals surface area contributed by atoms with Gasteiger partial charge in [0.05, 0.1) is 0 Å². The van der Waals surface area contributed by atoms with Gasteiger partial charge in [-0.2, -0.15) is 0 Å². The largest absolute Gasteiger partial charge is 0.362 e. The van der Waals surface area contributed by atoms with E-state index in [4.69, 9.17) is 23.8 Å². The second-order valence-electron chi connectivity index (χ2n) is 8.81.